The summed E-state index contributed by atoms with van der Waals surface area (Å²) >= 11 is 0. The summed E-state index contributed by atoms with van der Waals surface area (Å²) in [6.45, 7) is 12.1. The molecule has 0 aromatic heterocycles. The summed E-state index contributed by atoms with van der Waals surface area (Å²) in [7, 11) is 0. The Morgan fingerprint density at radius 2 is 1.69 bits per heavy atom. The SMILES string of the molecule is CCC(C=CCNC(C)(C)C)CC. The van der Waals surface area contributed by atoms with Crippen LogP contribution in [0.3, 0.4) is 0 Å². The van der Waals surface area contributed by atoms with Crippen molar-refractivity contribution in [2.24, 2.45) is 5.92 Å². The third kappa shape index (κ3) is 8.04. The van der Waals surface area contributed by atoms with Crippen molar-refractivity contribution in [1.29, 1.82) is 0 Å². The van der Waals surface area contributed by atoms with E-state index in [4.69, 9.17) is 0 Å². The third-order valence-corrected chi connectivity index (χ3v) is 2.21. The molecule has 0 saturated carbocycles. The van der Waals surface area contributed by atoms with E-state index in [-0.39, 0.29) is 5.54 Å². The third-order valence-electron chi connectivity index (χ3n) is 2.21. The van der Waals surface area contributed by atoms with Crippen LogP contribution in [0, 0.1) is 5.92 Å². The summed E-state index contributed by atoms with van der Waals surface area (Å²) in [5.41, 5.74) is 0.234. The second-order valence-corrected chi connectivity index (χ2v) is 4.64. The molecule has 0 spiro atoms. The maximum Gasteiger partial charge on any atom is 0.0139 e. The van der Waals surface area contributed by atoms with E-state index in [0.717, 1.165) is 12.5 Å². The van der Waals surface area contributed by atoms with Gasteiger partial charge < -0.3 is 5.32 Å². The normalized spacial score (nSPS) is 13.1. The Hall–Kier alpha value is -0.300. The van der Waals surface area contributed by atoms with E-state index >= 15 is 0 Å². The van der Waals surface area contributed by atoms with Crippen LogP contribution in [0.15, 0.2) is 12.2 Å². The second-order valence-electron chi connectivity index (χ2n) is 4.64. The van der Waals surface area contributed by atoms with Crippen LogP contribution in [0.5, 0.6) is 0 Å². The molecule has 13 heavy (non-hydrogen) atoms. The Labute approximate surface area is 83.6 Å². The molecule has 0 radical (unpaired) electrons. The van der Waals surface area contributed by atoms with Gasteiger partial charge in [-0.15, -0.1) is 0 Å². The van der Waals surface area contributed by atoms with Crippen LogP contribution in [-0.2, 0) is 0 Å². The zero-order valence-corrected chi connectivity index (χ0v) is 9.85. The topological polar surface area (TPSA) is 12.0 Å². The van der Waals surface area contributed by atoms with E-state index in [0.29, 0.717) is 0 Å². The molecule has 1 nitrogen and oxygen atoms in total. The van der Waals surface area contributed by atoms with Gasteiger partial charge in [-0.05, 0) is 39.5 Å². The van der Waals surface area contributed by atoms with E-state index in [9.17, 15) is 0 Å². The fraction of sp³-hybridized carbons (Fsp3) is 0.833. The molecular weight excluding hydrogens is 158 g/mol. The molecular formula is C12H25N. The van der Waals surface area contributed by atoms with Crippen molar-refractivity contribution in [3.05, 3.63) is 12.2 Å². The number of rotatable bonds is 5. The Morgan fingerprint density at radius 3 is 2.08 bits per heavy atom. The molecule has 0 saturated heterocycles. The molecule has 0 aliphatic heterocycles. The number of hydrogen-bond acceptors (Lipinski definition) is 1. The molecule has 0 aliphatic carbocycles. The smallest absolute Gasteiger partial charge is 0.0139 e. The molecule has 0 unspecified atom stereocenters. The molecule has 0 atom stereocenters. The summed E-state index contributed by atoms with van der Waals surface area (Å²) in [5, 5.41) is 3.44. The molecule has 0 bridgehead atoms. The molecule has 1 N–H and O–H groups in total. The van der Waals surface area contributed by atoms with Gasteiger partial charge in [-0.25, -0.2) is 0 Å². The summed E-state index contributed by atoms with van der Waals surface area (Å²) in [6.07, 6.45) is 7.09. The van der Waals surface area contributed by atoms with Gasteiger partial charge in [0.2, 0.25) is 0 Å². The maximum atomic E-state index is 3.44. The first-order valence-electron chi connectivity index (χ1n) is 5.41. The predicted octanol–water partition coefficient (Wildman–Crippen LogP) is 3.37. The van der Waals surface area contributed by atoms with Crippen molar-refractivity contribution < 1.29 is 0 Å². The molecule has 0 amide bonds. The molecule has 0 heterocycles. The zero-order valence-electron chi connectivity index (χ0n) is 9.85. The standard InChI is InChI=1S/C12H25N/c1-6-11(7-2)9-8-10-13-12(3,4)5/h8-9,11,13H,6-7,10H2,1-5H3. The minimum Gasteiger partial charge on any atom is -0.309 e. The highest BCUT2D eigenvalue weighted by Gasteiger charge is 2.05. The van der Waals surface area contributed by atoms with E-state index < -0.39 is 0 Å². The zero-order chi connectivity index (χ0) is 10.3. The Morgan fingerprint density at radius 1 is 1.15 bits per heavy atom. The molecule has 0 aromatic rings. The van der Waals surface area contributed by atoms with Crippen molar-refractivity contribution in [2.75, 3.05) is 6.54 Å². The monoisotopic (exact) mass is 183 g/mol. The fourth-order valence-electron chi connectivity index (χ4n) is 1.19. The first-order valence-corrected chi connectivity index (χ1v) is 5.41. The van der Waals surface area contributed by atoms with Crippen LogP contribution in [0.25, 0.3) is 0 Å². The Bertz CT molecular complexity index is 138. The van der Waals surface area contributed by atoms with Crippen LogP contribution in [-0.4, -0.2) is 12.1 Å². The quantitative estimate of drug-likeness (QED) is 0.644. The van der Waals surface area contributed by atoms with Crippen molar-refractivity contribution in [1.82, 2.24) is 5.32 Å². The second kappa shape index (κ2) is 6.20. The van der Waals surface area contributed by atoms with E-state index in [2.05, 4.69) is 52.1 Å². The lowest BCUT2D eigenvalue weighted by Gasteiger charge is -2.19. The minimum atomic E-state index is 0.234. The number of nitrogens with one attached hydrogen (secondary N) is 1. The maximum absolute atomic E-state index is 3.44. The predicted molar refractivity (Wildman–Crippen MR) is 61.0 cm³/mol. The van der Waals surface area contributed by atoms with E-state index in [1.54, 1.807) is 0 Å². The lowest BCUT2D eigenvalue weighted by Crippen LogP contribution is -2.35. The highest BCUT2D eigenvalue weighted by molar-refractivity contribution is 4.90. The van der Waals surface area contributed by atoms with Gasteiger partial charge in [0, 0.05) is 12.1 Å². The summed E-state index contributed by atoms with van der Waals surface area (Å²) < 4.78 is 0. The van der Waals surface area contributed by atoms with Gasteiger partial charge in [0.05, 0.1) is 0 Å². The summed E-state index contributed by atoms with van der Waals surface area (Å²) in [5.74, 6) is 0.766. The van der Waals surface area contributed by atoms with E-state index in [1.165, 1.54) is 12.8 Å². The Kier molecular flexibility index (Phi) is 6.06. The molecule has 0 aromatic carbocycles. The van der Waals surface area contributed by atoms with Crippen LogP contribution >= 0.6 is 0 Å². The van der Waals surface area contributed by atoms with Gasteiger partial charge in [0.15, 0.2) is 0 Å². The first kappa shape index (κ1) is 12.7. The van der Waals surface area contributed by atoms with Crippen molar-refractivity contribution in [3.63, 3.8) is 0 Å². The van der Waals surface area contributed by atoms with Gasteiger partial charge in [-0.2, -0.15) is 0 Å². The van der Waals surface area contributed by atoms with Gasteiger partial charge in [-0.1, -0.05) is 26.0 Å². The highest BCUT2D eigenvalue weighted by atomic mass is 14.9. The van der Waals surface area contributed by atoms with Crippen molar-refractivity contribution >= 4 is 0 Å². The van der Waals surface area contributed by atoms with Crippen LogP contribution in [0.1, 0.15) is 47.5 Å². The first-order chi connectivity index (χ1) is 5.99. The minimum absolute atomic E-state index is 0.234. The lowest BCUT2D eigenvalue weighted by atomic mass is 10.0. The number of allylic oxidation sites excluding steroid dienone is 1. The Balaban J connectivity index is 3.62. The van der Waals surface area contributed by atoms with Crippen molar-refractivity contribution in [2.45, 2.75) is 53.0 Å². The van der Waals surface area contributed by atoms with Crippen LogP contribution in [0.4, 0.5) is 0 Å². The fourth-order valence-corrected chi connectivity index (χ4v) is 1.19. The molecule has 0 aliphatic rings. The van der Waals surface area contributed by atoms with Gasteiger partial charge in [0.1, 0.15) is 0 Å². The van der Waals surface area contributed by atoms with Crippen LogP contribution in [0.2, 0.25) is 0 Å². The molecule has 0 fully saturated rings. The average Bonchev–Trinajstić information content (AvgIpc) is 2.03. The lowest BCUT2D eigenvalue weighted by molar-refractivity contribution is 0.448. The summed E-state index contributed by atoms with van der Waals surface area (Å²) in [6, 6.07) is 0. The average molecular weight is 183 g/mol. The molecule has 0 rings (SSSR count). The highest BCUT2D eigenvalue weighted by Crippen LogP contribution is 2.08. The number of hydrogen-bond donors (Lipinski definition) is 1. The van der Waals surface area contributed by atoms with E-state index in [1.807, 2.05) is 0 Å². The van der Waals surface area contributed by atoms with Crippen LogP contribution < -0.4 is 5.32 Å². The van der Waals surface area contributed by atoms with Gasteiger partial charge in [-0.3, -0.25) is 0 Å². The molecule has 1 heteroatoms. The largest absolute Gasteiger partial charge is 0.309 e. The van der Waals surface area contributed by atoms with Crippen molar-refractivity contribution in [3.8, 4) is 0 Å². The van der Waals surface area contributed by atoms with Gasteiger partial charge in [0.25, 0.3) is 0 Å². The molecule has 78 valence electrons. The summed E-state index contributed by atoms with van der Waals surface area (Å²) in [4.78, 5) is 0. The van der Waals surface area contributed by atoms with Gasteiger partial charge >= 0.3 is 0 Å².